The molecule has 0 aliphatic carbocycles. The Morgan fingerprint density at radius 1 is 0.513 bits per heavy atom. The molecule has 192 valence electrons. The van der Waals surface area contributed by atoms with Crippen molar-refractivity contribution in [2.24, 2.45) is 0 Å². The number of carbonyl (C=O) groups is 1. The van der Waals surface area contributed by atoms with Crippen LogP contribution in [-0.4, -0.2) is 5.97 Å². The average Bonchev–Trinajstić information content (AvgIpc) is 3.00. The molecular formula is C35H28O4. The number of rotatable bonds is 10. The lowest BCUT2D eigenvalue weighted by Gasteiger charge is -2.12. The Kier molecular flexibility index (Phi) is 8.47. The molecule has 5 rings (SSSR count). The van der Waals surface area contributed by atoms with E-state index in [1.807, 2.05) is 121 Å². The van der Waals surface area contributed by atoms with E-state index in [9.17, 15) is 4.79 Å². The van der Waals surface area contributed by atoms with Crippen molar-refractivity contribution in [3.8, 4) is 17.2 Å². The molecule has 5 aromatic carbocycles. The lowest BCUT2D eigenvalue weighted by atomic mass is 10.1. The monoisotopic (exact) mass is 512 g/mol. The highest BCUT2D eigenvalue weighted by Gasteiger charge is 2.08. The highest BCUT2D eigenvalue weighted by Crippen LogP contribution is 2.26. The van der Waals surface area contributed by atoms with E-state index in [1.165, 1.54) is 0 Å². The molecule has 0 N–H and O–H groups in total. The molecule has 0 saturated heterocycles. The van der Waals surface area contributed by atoms with Gasteiger partial charge in [0.15, 0.2) is 0 Å². The molecule has 0 amide bonds. The van der Waals surface area contributed by atoms with E-state index in [2.05, 4.69) is 0 Å². The highest BCUT2D eigenvalue weighted by molar-refractivity contribution is 5.91. The third-order valence-electron chi connectivity index (χ3n) is 5.97. The zero-order valence-corrected chi connectivity index (χ0v) is 21.4. The van der Waals surface area contributed by atoms with Gasteiger partial charge in [-0.15, -0.1) is 0 Å². The van der Waals surface area contributed by atoms with Crippen LogP contribution in [0, 0.1) is 0 Å². The van der Waals surface area contributed by atoms with Gasteiger partial charge in [-0.25, -0.2) is 4.79 Å². The number of esters is 1. The molecule has 0 spiro atoms. The molecule has 0 unspecified atom stereocenters. The third kappa shape index (κ3) is 7.70. The molecule has 0 fully saturated rings. The van der Waals surface area contributed by atoms with Crippen LogP contribution in [0.25, 0.3) is 12.2 Å². The molecular weight excluding hydrogens is 484 g/mol. The van der Waals surface area contributed by atoms with Crippen LogP contribution in [0.5, 0.6) is 17.2 Å². The largest absolute Gasteiger partial charge is 0.489 e. The Labute approximate surface area is 228 Å². The molecule has 39 heavy (non-hydrogen) atoms. The lowest BCUT2D eigenvalue weighted by Crippen LogP contribution is -2.07. The molecule has 5 aromatic rings. The minimum absolute atomic E-state index is 0.380. The molecule has 0 saturated carbocycles. The van der Waals surface area contributed by atoms with Crippen molar-refractivity contribution < 1.29 is 19.0 Å². The maximum Gasteiger partial charge on any atom is 0.343 e. The molecule has 0 radical (unpaired) electrons. The SMILES string of the molecule is O=C(Oc1ccc(/C=C/c2cc(OCc3ccccc3)cc(OCc3ccccc3)c2)cc1)c1ccccc1. The number of benzene rings is 5. The summed E-state index contributed by atoms with van der Waals surface area (Å²) in [5.41, 5.74) is 4.62. The topological polar surface area (TPSA) is 44.8 Å². The summed E-state index contributed by atoms with van der Waals surface area (Å²) in [7, 11) is 0. The lowest BCUT2D eigenvalue weighted by molar-refractivity contribution is 0.0734. The van der Waals surface area contributed by atoms with Crippen molar-refractivity contribution in [1.82, 2.24) is 0 Å². The van der Waals surface area contributed by atoms with E-state index in [-0.39, 0.29) is 5.97 Å². The summed E-state index contributed by atoms with van der Waals surface area (Å²) in [4.78, 5) is 12.3. The van der Waals surface area contributed by atoms with Crippen LogP contribution in [0.1, 0.15) is 32.6 Å². The van der Waals surface area contributed by atoms with Gasteiger partial charge in [0.1, 0.15) is 30.5 Å². The smallest absolute Gasteiger partial charge is 0.343 e. The Hall–Kier alpha value is -5.09. The molecule has 0 aromatic heterocycles. The van der Waals surface area contributed by atoms with Gasteiger partial charge in [0.25, 0.3) is 0 Å². The summed E-state index contributed by atoms with van der Waals surface area (Å²) in [6.07, 6.45) is 4.01. The van der Waals surface area contributed by atoms with E-state index in [0.717, 1.165) is 33.8 Å². The standard InChI is InChI=1S/C35H28O4/c36-35(31-14-8-3-9-15-31)39-32-20-18-27(19-21-32)16-17-30-22-33(37-25-28-10-4-1-5-11-28)24-34(23-30)38-26-29-12-6-2-7-13-29/h1-24H,25-26H2/b17-16+. The number of ether oxygens (including phenoxy) is 3. The summed E-state index contributed by atoms with van der Waals surface area (Å²) in [6, 6.07) is 42.4. The molecule has 4 nitrogen and oxygen atoms in total. The third-order valence-corrected chi connectivity index (χ3v) is 5.97. The van der Waals surface area contributed by atoms with E-state index < -0.39 is 0 Å². The first-order chi connectivity index (χ1) is 19.2. The zero-order chi connectivity index (χ0) is 26.7. The maximum atomic E-state index is 12.3. The summed E-state index contributed by atoms with van der Waals surface area (Å²) < 4.78 is 17.7. The molecule has 0 aliphatic rings. The minimum atomic E-state index is -0.380. The molecule has 0 aliphatic heterocycles. The van der Waals surface area contributed by atoms with E-state index >= 15 is 0 Å². The first kappa shape index (κ1) is 25.6. The fourth-order valence-corrected chi connectivity index (χ4v) is 3.92. The van der Waals surface area contributed by atoms with Gasteiger partial charge in [-0.1, -0.05) is 103 Å². The summed E-state index contributed by atoms with van der Waals surface area (Å²) in [5, 5.41) is 0. The summed E-state index contributed by atoms with van der Waals surface area (Å²) in [5.74, 6) is 1.57. The van der Waals surface area contributed by atoms with Crippen molar-refractivity contribution in [2.75, 3.05) is 0 Å². The predicted molar refractivity (Wildman–Crippen MR) is 155 cm³/mol. The van der Waals surface area contributed by atoms with Crippen molar-refractivity contribution in [1.29, 1.82) is 0 Å². The van der Waals surface area contributed by atoms with Crippen molar-refractivity contribution >= 4 is 18.1 Å². The first-order valence-electron chi connectivity index (χ1n) is 12.8. The van der Waals surface area contributed by atoms with Crippen LogP contribution in [0.3, 0.4) is 0 Å². The van der Waals surface area contributed by atoms with Crippen LogP contribution >= 0.6 is 0 Å². The fourth-order valence-electron chi connectivity index (χ4n) is 3.92. The van der Waals surface area contributed by atoms with Crippen LogP contribution in [0.2, 0.25) is 0 Å². The number of carbonyl (C=O) groups excluding carboxylic acids is 1. The fraction of sp³-hybridized carbons (Fsp3) is 0.0571. The van der Waals surface area contributed by atoms with Gasteiger partial charge in [-0.05, 0) is 58.7 Å². The quantitative estimate of drug-likeness (QED) is 0.107. The van der Waals surface area contributed by atoms with Crippen LogP contribution < -0.4 is 14.2 Å². The van der Waals surface area contributed by atoms with Crippen molar-refractivity contribution in [2.45, 2.75) is 13.2 Å². The second-order valence-corrected chi connectivity index (χ2v) is 8.94. The van der Waals surface area contributed by atoms with Gasteiger partial charge >= 0.3 is 5.97 Å². The summed E-state index contributed by atoms with van der Waals surface area (Å²) in [6.45, 7) is 0.935. The number of hydrogen-bond donors (Lipinski definition) is 0. The van der Waals surface area contributed by atoms with Gasteiger partial charge in [-0.3, -0.25) is 0 Å². The van der Waals surface area contributed by atoms with Gasteiger partial charge < -0.3 is 14.2 Å². The van der Waals surface area contributed by atoms with E-state index in [4.69, 9.17) is 14.2 Å². The Morgan fingerprint density at radius 3 is 1.54 bits per heavy atom. The number of hydrogen-bond acceptors (Lipinski definition) is 4. The molecule has 0 bridgehead atoms. The van der Waals surface area contributed by atoms with Crippen LogP contribution in [0.15, 0.2) is 133 Å². The van der Waals surface area contributed by atoms with Gasteiger partial charge in [0.05, 0.1) is 5.56 Å². The second kappa shape index (κ2) is 12.9. The van der Waals surface area contributed by atoms with Crippen molar-refractivity contribution in [3.05, 3.63) is 161 Å². The van der Waals surface area contributed by atoms with Crippen LogP contribution in [-0.2, 0) is 13.2 Å². The molecule has 4 heteroatoms. The predicted octanol–water partition coefficient (Wildman–Crippen LogP) is 8.23. The van der Waals surface area contributed by atoms with Gasteiger partial charge in [-0.2, -0.15) is 0 Å². The Bertz CT molecular complexity index is 1450. The Balaban J connectivity index is 1.29. The van der Waals surface area contributed by atoms with E-state index in [0.29, 0.717) is 24.5 Å². The van der Waals surface area contributed by atoms with Gasteiger partial charge in [0.2, 0.25) is 0 Å². The van der Waals surface area contributed by atoms with Gasteiger partial charge in [0, 0.05) is 6.07 Å². The van der Waals surface area contributed by atoms with Crippen LogP contribution in [0.4, 0.5) is 0 Å². The van der Waals surface area contributed by atoms with Crippen molar-refractivity contribution in [3.63, 3.8) is 0 Å². The minimum Gasteiger partial charge on any atom is -0.489 e. The Morgan fingerprint density at radius 2 is 1.00 bits per heavy atom. The highest BCUT2D eigenvalue weighted by atomic mass is 16.5. The first-order valence-corrected chi connectivity index (χ1v) is 12.8. The second-order valence-electron chi connectivity index (χ2n) is 8.94. The average molecular weight is 513 g/mol. The maximum absolute atomic E-state index is 12.3. The normalized spacial score (nSPS) is 10.8. The molecule has 0 heterocycles. The zero-order valence-electron chi connectivity index (χ0n) is 21.4. The molecule has 0 atom stereocenters. The summed E-state index contributed by atoms with van der Waals surface area (Å²) >= 11 is 0. The van der Waals surface area contributed by atoms with E-state index in [1.54, 1.807) is 24.3 Å².